The van der Waals surface area contributed by atoms with Gasteiger partial charge in [-0.2, -0.15) is 0 Å². The van der Waals surface area contributed by atoms with E-state index < -0.39 is 5.54 Å². The normalized spacial score (nSPS) is 17.3. The van der Waals surface area contributed by atoms with Gasteiger partial charge in [0, 0.05) is 25.5 Å². The van der Waals surface area contributed by atoms with Crippen LogP contribution in [0.4, 0.5) is 11.4 Å². The van der Waals surface area contributed by atoms with Gasteiger partial charge in [0.15, 0.2) is 0 Å². The second-order valence-electron chi connectivity index (χ2n) is 6.12. The van der Waals surface area contributed by atoms with Crippen LogP contribution >= 0.6 is 0 Å². The number of nitrogens with zero attached hydrogens (tertiary/aromatic N) is 1. The van der Waals surface area contributed by atoms with Crippen molar-refractivity contribution < 1.29 is 9.90 Å². The zero-order valence-electron chi connectivity index (χ0n) is 12.9. The average molecular weight is 291 g/mol. The summed E-state index contributed by atoms with van der Waals surface area (Å²) in [7, 11) is 3.79. The van der Waals surface area contributed by atoms with Crippen molar-refractivity contribution in [2.75, 3.05) is 31.3 Å². The van der Waals surface area contributed by atoms with Crippen LogP contribution in [0.15, 0.2) is 18.2 Å². The number of nitrogens with two attached hydrogens (primary N) is 1. The van der Waals surface area contributed by atoms with Crippen LogP contribution in [-0.4, -0.2) is 37.3 Å². The van der Waals surface area contributed by atoms with E-state index in [-0.39, 0.29) is 12.5 Å². The molecule has 1 aromatic rings. The molecule has 0 unspecified atom stereocenters. The Morgan fingerprint density at radius 2 is 2.00 bits per heavy atom. The summed E-state index contributed by atoms with van der Waals surface area (Å²) >= 11 is 0. The first-order chi connectivity index (χ1) is 9.97. The van der Waals surface area contributed by atoms with Crippen LogP contribution in [0.5, 0.6) is 0 Å². The molecule has 0 atom stereocenters. The number of benzene rings is 1. The lowest BCUT2D eigenvalue weighted by atomic mass is 9.82. The third kappa shape index (κ3) is 3.47. The topological polar surface area (TPSA) is 78.6 Å². The standard InChI is InChI=1S/C16H25N3O2/c1-19(2)14-7-6-12(17)10-13(14)15(21)18-16(11-20)8-4-3-5-9-16/h6-7,10,20H,3-5,8-9,11,17H2,1-2H3,(H,18,21). The number of hydrogen-bond donors (Lipinski definition) is 3. The van der Waals surface area contributed by atoms with Crippen molar-refractivity contribution in [3.05, 3.63) is 23.8 Å². The van der Waals surface area contributed by atoms with E-state index >= 15 is 0 Å². The molecule has 0 aliphatic heterocycles. The Balaban J connectivity index is 2.25. The molecular formula is C16H25N3O2. The van der Waals surface area contributed by atoms with Gasteiger partial charge in [-0.15, -0.1) is 0 Å². The van der Waals surface area contributed by atoms with Gasteiger partial charge in [0.1, 0.15) is 0 Å². The number of aliphatic hydroxyl groups excluding tert-OH is 1. The van der Waals surface area contributed by atoms with E-state index in [0.29, 0.717) is 11.3 Å². The van der Waals surface area contributed by atoms with Crippen molar-refractivity contribution in [1.29, 1.82) is 0 Å². The van der Waals surface area contributed by atoms with Gasteiger partial charge in [0.25, 0.3) is 5.91 Å². The highest BCUT2D eigenvalue weighted by atomic mass is 16.3. The van der Waals surface area contributed by atoms with Crippen molar-refractivity contribution in [2.45, 2.75) is 37.6 Å². The van der Waals surface area contributed by atoms with Crippen molar-refractivity contribution in [1.82, 2.24) is 5.32 Å². The van der Waals surface area contributed by atoms with E-state index in [2.05, 4.69) is 5.32 Å². The van der Waals surface area contributed by atoms with Crippen LogP contribution in [-0.2, 0) is 0 Å². The van der Waals surface area contributed by atoms with Crippen LogP contribution in [0.3, 0.4) is 0 Å². The van der Waals surface area contributed by atoms with Crippen LogP contribution in [0.2, 0.25) is 0 Å². The second-order valence-corrected chi connectivity index (χ2v) is 6.12. The monoisotopic (exact) mass is 291 g/mol. The van der Waals surface area contributed by atoms with E-state index in [1.807, 2.05) is 25.1 Å². The first-order valence-corrected chi connectivity index (χ1v) is 7.48. The number of nitrogens with one attached hydrogen (secondary N) is 1. The van der Waals surface area contributed by atoms with Gasteiger partial charge in [0.05, 0.1) is 17.7 Å². The summed E-state index contributed by atoms with van der Waals surface area (Å²) in [5.74, 6) is -0.165. The van der Waals surface area contributed by atoms with Gasteiger partial charge in [0.2, 0.25) is 0 Å². The highest BCUT2D eigenvalue weighted by molar-refractivity contribution is 6.01. The third-order valence-electron chi connectivity index (χ3n) is 4.24. The van der Waals surface area contributed by atoms with Crippen molar-refractivity contribution in [3.63, 3.8) is 0 Å². The first-order valence-electron chi connectivity index (χ1n) is 7.48. The van der Waals surface area contributed by atoms with Crippen LogP contribution in [0.1, 0.15) is 42.5 Å². The quantitative estimate of drug-likeness (QED) is 0.739. The largest absolute Gasteiger partial charge is 0.399 e. The summed E-state index contributed by atoms with van der Waals surface area (Å²) in [6.45, 7) is -0.0155. The van der Waals surface area contributed by atoms with Crippen molar-refractivity contribution in [2.24, 2.45) is 0 Å². The van der Waals surface area contributed by atoms with Crippen LogP contribution < -0.4 is 16.0 Å². The Morgan fingerprint density at radius 1 is 1.33 bits per heavy atom. The molecule has 5 nitrogen and oxygen atoms in total. The van der Waals surface area contributed by atoms with E-state index in [4.69, 9.17) is 5.73 Å². The van der Waals surface area contributed by atoms with Gasteiger partial charge < -0.3 is 21.1 Å². The summed E-state index contributed by atoms with van der Waals surface area (Å²) in [6, 6.07) is 5.32. The molecule has 0 heterocycles. The molecule has 1 aliphatic rings. The Bertz CT molecular complexity index is 508. The van der Waals surface area contributed by atoms with E-state index in [0.717, 1.165) is 31.4 Å². The SMILES string of the molecule is CN(C)c1ccc(N)cc1C(=O)NC1(CO)CCCCC1. The Hall–Kier alpha value is -1.75. The zero-order chi connectivity index (χ0) is 15.5. The summed E-state index contributed by atoms with van der Waals surface area (Å²) in [5, 5.41) is 12.8. The van der Waals surface area contributed by atoms with E-state index in [1.54, 1.807) is 12.1 Å². The van der Waals surface area contributed by atoms with Crippen molar-refractivity contribution >= 4 is 17.3 Å². The average Bonchev–Trinajstić information content (AvgIpc) is 2.47. The lowest BCUT2D eigenvalue weighted by Gasteiger charge is -2.36. The van der Waals surface area contributed by atoms with Crippen LogP contribution in [0.25, 0.3) is 0 Å². The highest BCUT2D eigenvalue weighted by Crippen LogP contribution is 2.29. The molecule has 0 bridgehead atoms. The fourth-order valence-electron chi connectivity index (χ4n) is 2.98. The first kappa shape index (κ1) is 15.6. The molecule has 1 amide bonds. The van der Waals surface area contributed by atoms with Crippen LogP contribution in [0, 0.1) is 0 Å². The molecule has 1 aliphatic carbocycles. The molecule has 116 valence electrons. The Kier molecular flexibility index (Phi) is 4.73. The number of hydrogen-bond acceptors (Lipinski definition) is 4. The van der Waals surface area contributed by atoms with E-state index in [1.165, 1.54) is 6.42 Å². The molecule has 2 rings (SSSR count). The lowest BCUT2D eigenvalue weighted by Crippen LogP contribution is -2.52. The second kappa shape index (κ2) is 6.35. The maximum atomic E-state index is 12.7. The molecule has 1 aromatic carbocycles. The lowest BCUT2D eigenvalue weighted by molar-refractivity contribution is 0.0759. The molecule has 0 saturated heterocycles. The number of anilines is 2. The molecule has 1 fully saturated rings. The van der Waals surface area contributed by atoms with Gasteiger partial charge in [-0.3, -0.25) is 4.79 Å². The number of nitrogen functional groups attached to an aromatic ring is 1. The minimum absolute atomic E-state index is 0.0155. The number of amides is 1. The third-order valence-corrected chi connectivity index (χ3v) is 4.24. The van der Waals surface area contributed by atoms with Crippen molar-refractivity contribution in [3.8, 4) is 0 Å². The highest BCUT2D eigenvalue weighted by Gasteiger charge is 2.33. The van der Waals surface area contributed by atoms with E-state index in [9.17, 15) is 9.90 Å². The maximum absolute atomic E-state index is 12.7. The molecule has 0 spiro atoms. The van der Waals surface area contributed by atoms with Gasteiger partial charge in [-0.1, -0.05) is 19.3 Å². The Labute approximate surface area is 126 Å². The predicted molar refractivity (Wildman–Crippen MR) is 85.5 cm³/mol. The smallest absolute Gasteiger partial charge is 0.253 e. The minimum Gasteiger partial charge on any atom is -0.399 e. The number of carbonyl (C=O) groups is 1. The molecule has 5 heteroatoms. The minimum atomic E-state index is -0.483. The number of rotatable bonds is 4. The molecule has 0 aromatic heterocycles. The number of aliphatic hydroxyl groups is 1. The zero-order valence-corrected chi connectivity index (χ0v) is 12.9. The predicted octanol–water partition coefficient (Wildman–Crippen LogP) is 1.76. The molecular weight excluding hydrogens is 266 g/mol. The summed E-state index contributed by atoms with van der Waals surface area (Å²) in [4.78, 5) is 14.5. The maximum Gasteiger partial charge on any atom is 0.253 e. The molecule has 21 heavy (non-hydrogen) atoms. The van der Waals surface area contributed by atoms with Gasteiger partial charge >= 0.3 is 0 Å². The summed E-state index contributed by atoms with van der Waals surface area (Å²) in [6.07, 6.45) is 4.90. The molecule has 1 saturated carbocycles. The van der Waals surface area contributed by atoms with Gasteiger partial charge in [-0.25, -0.2) is 0 Å². The summed E-state index contributed by atoms with van der Waals surface area (Å²) in [5.41, 5.74) is 7.27. The molecule has 4 N–H and O–H groups in total. The molecule has 0 radical (unpaired) electrons. The summed E-state index contributed by atoms with van der Waals surface area (Å²) < 4.78 is 0. The number of carbonyl (C=O) groups excluding carboxylic acids is 1. The fraction of sp³-hybridized carbons (Fsp3) is 0.562. The van der Waals surface area contributed by atoms with Gasteiger partial charge in [-0.05, 0) is 31.0 Å². The Morgan fingerprint density at radius 3 is 2.57 bits per heavy atom. The fourth-order valence-corrected chi connectivity index (χ4v) is 2.98.